The lowest BCUT2D eigenvalue weighted by Gasteiger charge is -2.18. The number of likely N-dealkylation sites (tertiary alicyclic amines) is 1. The Morgan fingerprint density at radius 3 is 2.75 bits per heavy atom. The Morgan fingerprint density at radius 1 is 1.30 bits per heavy atom. The maximum atomic E-state index is 4.45. The third kappa shape index (κ3) is 3.41. The van der Waals surface area contributed by atoms with Crippen LogP contribution in [0.3, 0.4) is 0 Å². The molecule has 20 heavy (non-hydrogen) atoms. The summed E-state index contributed by atoms with van der Waals surface area (Å²) in [6, 6.07) is 0.935. The molecule has 1 saturated carbocycles. The highest BCUT2D eigenvalue weighted by Gasteiger charge is 2.33. The molecule has 2 heterocycles. The van der Waals surface area contributed by atoms with Crippen molar-refractivity contribution in [2.24, 2.45) is 5.92 Å². The third-order valence-corrected chi connectivity index (χ3v) is 4.47. The topological polar surface area (TPSA) is 33.1 Å². The Bertz CT molecular complexity index is 442. The van der Waals surface area contributed by atoms with Crippen LogP contribution >= 0.6 is 0 Å². The highest BCUT2D eigenvalue weighted by atomic mass is 15.3. The monoisotopic (exact) mass is 276 g/mol. The fraction of sp³-hybridized carbons (Fsp3) is 0.812. The van der Waals surface area contributed by atoms with Gasteiger partial charge in [-0.15, -0.1) is 0 Å². The Hall–Kier alpha value is -0.870. The largest absolute Gasteiger partial charge is 0.312 e. The molecule has 112 valence electrons. The minimum atomic E-state index is 0.0778. The molecular weight excluding hydrogens is 248 g/mol. The third-order valence-electron chi connectivity index (χ3n) is 4.47. The Balaban J connectivity index is 1.40. The zero-order valence-corrected chi connectivity index (χ0v) is 13.1. The maximum absolute atomic E-state index is 4.45. The number of rotatable bonds is 5. The van der Waals surface area contributed by atoms with Crippen molar-refractivity contribution in [2.45, 2.75) is 58.2 Å². The van der Waals surface area contributed by atoms with E-state index >= 15 is 0 Å². The lowest BCUT2D eigenvalue weighted by molar-refractivity contribution is 0.312. The van der Waals surface area contributed by atoms with Crippen molar-refractivity contribution >= 4 is 0 Å². The predicted molar refractivity (Wildman–Crippen MR) is 81.6 cm³/mol. The van der Waals surface area contributed by atoms with E-state index in [-0.39, 0.29) is 5.54 Å². The van der Waals surface area contributed by atoms with E-state index in [1.165, 1.54) is 37.9 Å². The molecule has 1 aliphatic carbocycles. The van der Waals surface area contributed by atoms with Gasteiger partial charge in [-0.05, 0) is 59.0 Å². The van der Waals surface area contributed by atoms with Gasteiger partial charge in [0.1, 0.15) is 0 Å². The van der Waals surface area contributed by atoms with Crippen LogP contribution in [0, 0.1) is 5.92 Å². The molecule has 3 rings (SSSR count). The number of aromatic nitrogens is 2. The molecule has 1 saturated heterocycles. The van der Waals surface area contributed by atoms with Crippen molar-refractivity contribution in [3.8, 4) is 0 Å². The average molecular weight is 276 g/mol. The molecule has 1 atom stereocenters. The zero-order valence-electron chi connectivity index (χ0n) is 13.1. The molecule has 4 nitrogen and oxygen atoms in total. The summed E-state index contributed by atoms with van der Waals surface area (Å²) in [5.41, 5.74) is 1.37. The van der Waals surface area contributed by atoms with Crippen LogP contribution in [-0.4, -0.2) is 40.4 Å². The van der Waals surface area contributed by atoms with E-state index in [1.54, 1.807) is 0 Å². The fourth-order valence-electron chi connectivity index (χ4n) is 3.04. The van der Waals surface area contributed by atoms with E-state index in [0.29, 0.717) is 0 Å². The first-order chi connectivity index (χ1) is 9.52. The van der Waals surface area contributed by atoms with Crippen LogP contribution in [0.25, 0.3) is 0 Å². The summed E-state index contributed by atoms with van der Waals surface area (Å²) in [4.78, 5) is 2.68. The first-order valence-corrected chi connectivity index (χ1v) is 8.01. The van der Waals surface area contributed by atoms with Gasteiger partial charge in [0.2, 0.25) is 0 Å². The van der Waals surface area contributed by atoms with Crippen molar-refractivity contribution in [1.82, 2.24) is 20.0 Å². The van der Waals surface area contributed by atoms with Crippen LogP contribution in [0.1, 0.15) is 45.6 Å². The van der Waals surface area contributed by atoms with E-state index in [2.05, 4.69) is 47.0 Å². The number of nitrogens with one attached hydrogen (secondary N) is 1. The van der Waals surface area contributed by atoms with Gasteiger partial charge in [-0.25, -0.2) is 0 Å². The molecule has 1 aromatic rings. The summed E-state index contributed by atoms with van der Waals surface area (Å²) in [6.45, 7) is 11.3. The highest BCUT2D eigenvalue weighted by molar-refractivity contribution is 5.05. The summed E-state index contributed by atoms with van der Waals surface area (Å²) < 4.78 is 2.05. The number of hydrogen-bond donors (Lipinski definition) is 1. The number of nitrogens with zero attached hydrogens (tertiary/aromatic N) is 3. The van der Waals surface area contributed by atoms with Crippen molar-refractivity contribution in [1.29, 1.82) is 0 Å². The summed E-state index contributed by atoms with van der Waals surface area (Å²) in [5.74, 6) is 0.841. The van der Waals surface area contributed by atoms with Gasteiger partial charge in [-0.1, -0.05) is 0 Å². The second kappa shape index (κ2) is 5.49. The molecule has 0 aromatic carbocycles. The molecule has 1 aromatic heterocycles. The molecule has 1 N–H and O–H groups in total. The second-order valence-electron chi connectivity index (χ2n) is 7.48. The first-order valence-electron chi connectivity index (χ1n) is 8.01. The average Bonchev–Trinajstić information content (AvgIpc) is 2.93. The van der Waals surface area contributed by atoms with Crippen molar-refractivity contribution in [2.75, 3.05) is 19.6 Å². The van der Waals surface area contributed by atoms with E-state index in [9.17, 15) is 0 Å². The summed E-state index contributed by atoms with van der Waals surface area (Å²) in [7, 11) is 0. The van der Waals surface area contributed by atoms with Gasteiger partial charge in [0, 0.05) is 30.9 Å². The van der Waals surface area contributed by atoms with E-state index in [1.807, 2.05) is 6.20 Å². The summed E-state index contributed by atoms with van der Waals surface area (Å²) in [5, 5.41) is 8.06. The molecule has 2 aliphatic rings. The highest BCUT2D eigenvalue weighted by Crippen LogP contribution is 2.31. The molecule has 0 bridgehead atoms. The van der Waals surface area contributed by atoms with Crippen LogP contribution in [0.5, 0.6) is 0 Å². The zero-order chi connectivity index (χ0) is 14.2. The van der Waals surface area contributed by atoms with Crippen molar-refractivity contribution in [3.63, 3.8) is 0 Å². The second-order valence-corrected chi connectivity index (χ2v) is 7.48. The Morgan fingerprint density at radius 2 is 2.10 bits per heavy atom. The molecule has 0 radical (unpaired) electrons. The smallest absolute Gasteiger partial charge is 0.0543 e. The van der Waals surface area contributed by atoms with E-state index < -0.39 is 0 Å². The van der Waals surface area contributed by atoms with Gasteiger partial charge in [-0.3, -0.25) is 4.68 Å². The number of hydrogen-bond acceptors (Lipinski definition) is 3. The van der Waals surface area contributed by atoms with Crippen molar-refractivity contribution < 1.29 is 0 Å². The Labute approximate surface area is 122 Å². The molecule has 1 unspecified atom stereocenters. The van der Waals surface area contributed by atoms with Crippen LogP contribution in [0.2, 0.25) is 0 Å². The maximum Gasteiger partial charge on any atom is 0.0543 e. The molecule has 0 spiro atoms. The lowest BCUT2D eigenvalue weighted by Crippen LogP contribution is -2.27. The predicted octanol–water partition coefficient (Wildman–Crippen LogP) is 2.21. The molecular formula is C16H28N4. The molecule has 0 amide bonds. The molecule has 4 heteroatoms. The molecule has 2 fully saturated rings. The van der Waals surface area contributed by atoms with Gasteiger partial charge in [0.05, 0.1) is 11.7 Å². The normalized spacial score (nSPS) is 24.4. The molecule has 1 aliphatic heterocycles. The first kappa shape index (κ1) is 14.1. The van der Waals surface area contributed by atoms with Gasteiger partial charge in [-0.2, -0.15) is 5.10 Å². The fourth-order valence-corrected chi connectivity index (χ4v) is 3.04. The van der Waals surface area contributed by atoms with Gasteiger partial charge in [0.25, 0.3) is 0 Å². The van der Waals surface area contributed by atoms with E-state index in [4.69, 9.17) is 0 Å². The van der Waals surface area contributed by atoms with Crippen LogP contribution in [0.15, 0.2) is 12.4 Å². The standard InChI is InChI=1S/C16H28N4/c1-16(2,3)20-12-14(10-18-20)9-17-8-13-6-7-19(11-13)15-4-5-15/h10,12-13,15,17H,4-9,11H2,1-3H3. The van der Waals surface area contributed by atoms with Gasteiger partial charge in [0.15, 0.2) is 0 Å². The quantitative estimate of drug-likeness (QED) is 0.895. The van der Waals surface area contributed by atoms with Crippen LogP contribution < -0.4 is 5.32 Å². The SMILES string of the molecule is CC(C)(C)n1cc(CNCC2CCN(C3CC3)C2)cn1. The van der Waals surface area contributed by atoms with Gasteiger partial charge >= 0.3 is 0 Å². The van der Waals surface area contributed by atoms with Gasteiger partial charge < -0.3 is 10.2 Å². The van der Waals surface area contributed by atoms with Crippen LogP contribution in [-0.2, 0) is 12.1 Å². The lowest BCUT2D eigenvalue weighted by atomic mass is 10.1. The summed E-state index contributed by atoms with van der Waals surface area (Å²) in [6.07, 6.45) is 8.39. The van der Waals surface area contributed by atoms with Crippen LogP contribution in [0.4, 0.5) is 0 Å². The van der Waals surface area contributed by atoms with Crippen molar-refractivity contribution in [3.05, 3.63) is 18.0 Å². The minimum Gasteiger partial charge on any atom is -0.312 e. The summed E-state index contributed by atoms with van der Waals surface area (Å²) >= 11 is 0. The minimum absolute atomic E-state index is 0.0778. The Kier molecular flexibility index (Phi) is 3.87. The van der Waals surface area contributed by atoms with E-state index in [0.717, 1.165) is 25.0 Å².